The molecule has 58 valence electrons. The predicted octanol–water partition coefficient (Wildman–Crippen LogP) is 2.10. The summed E-state index contributed by atoms with van der Waals surface area (Å²) in [5.41, 5.74) is 2.93. The Hall–Kier alpha value is -1.31. The van der Waals surface area contributed by atoms with Gasteiger partial charge in [-0.25, -0.2) is 4.98 Å². The fourth-order valence-corrected chi connectivity index (χ4v) is 1.01. The molecule has 1 aromatic rings. The van der Waals surface area contributed by atoms with Crippen LogP contribution in [0.2, 0.25) is 0 Å². The fraction of sp³-hybridized carbons (Fsp3) is 0.222. The molecule has 0 unspecified atom stereocenters. The summed E-state index contributed by atoms with van der Waals surface area (Å²) in [5.74, 6) is 0. The number of rotatable bonds is 2. The highest BCUT2D eigenvalue weighted by Crippen LogP contribution is 2.15. The number of aryl methyl sites for hydroxylation is 1. The number of aromatic nitrogens is 2. The molecule has 0 fully saturated rings. The summed E-state index contributed by atoms with van der Waals surface area (Å²) in [5, 5.41) is 0. The van der Waals surface area contributed by atoms with Crippen molar-refractivity contribution >= 4 is 11.6 Å². The number of allylic oxidation sites excluding steroid dienone is 1. The molecule has 0 radical (unpaired) electrons. The summed E-state index contributed by atoms with van der Waals surface area (Å²) < 4.78 is 1.93. The lowest BCUT2D eigenvalue weighted by atomic mass is 10.2. The number of hydrogen-bond donors (Lipinski definition) is 0. The zero-order chi connectivity index (χ0) is 8.43. The van der Waals surface area contributed by atoms with Gasteiger partial charge in [0.15, 0.2) is 0 Å². The van der Waals surface area contributed by atoms with Gasteiger partial charge in [0, 0.05) is 7.05 Å². The van der Waals surface area contributed by atoms with Crippen molar-refractivity contribution < 1.29 is 0 Å². The number of imidazole rings is 1. The van der Waals surface area contributed by atoms with Gasteiger partial charge >= 0.3 is 0 Å². The lowest BCUT2D eigenvalue weighted by Crippen LogP contribution is -1.89. The van der Waals surface area contributed by atoms with Gasteiger partial charge in [0.1, 0.15) is 0 Å². The lowest BCUT2D eigenvalue weighted by molar-refractivity contribution is 0.902. The normalized spacial score (nSPS) is 9.64. The Morgan fingerprint density at radius 3 is 2.73 bits per heavy atom. The second-order valence-electron chi connectivity index (χ2n) is 2.57. The molecule has 0 aromatic carbocycles. The van der Waals surface area contributed by atoms with Crippen molar-refractivity contribution in [2.75, 3.05) is 0 Å². The first-order chi connectivity index (χ1) is 5.16. The molecule has 2 nitrogen and oxygen atoms in total. The molecule has 0 N–H and O–H groups in total. The highest BCUT2D eigenvalue weighted by Gasteiger charge is 2.04. The molecule has 0 aliphatic carbocycles. The molecule has 11 heavy (non-hydrogen) atoms. The van der Waals surface area contributed by atoms with Crippen LogP contribution < -0.4 is 0 Å². The molecule has 1 aromatic heterocycles. The molecular formula is C9H12N2. The van der Waals surface area contributed by atoms with Gasteiger partial charge in [-0.1, -0.05) is 13.2 Å². The average Bonchev–Trinajstić information content (AvgIpc) is 2.30. The van der Waals surface area contributed by atoms with Crippen molar-refractivity contribution in [3.8, 4) is 0 Å². The predicted molar refractivity (Wildman–Crippen MR) is 48.0 cm³/mol. The van der Waals surface area contributed by atoms with Crippen molar-refractivity contribution in [1.29, 1.82) is 0 Å². The number of hydrogen-bond acceptors (Lipinski definition) is 1. The third-order valence-corrected chi connectivity index (χ3v) is 1.58. The molecule has 0 aliphatic heterocycles. The van der Waals surface area contributed by atoms with E-state index in [1.54, 1.807) is 12.4 Å². The summed E-state index contributed by atoms with van der Waals surface area (Å²) in [6, 6.07) is 0. The van der Waals surface area contributed by atoms with E-state index in [0.717, 1.165) is 17.0 Å². The molecule has 0 amide bonds. The third-order valence-electron chi connectivity index (χ3n) is 1.58. The van der Waals surface area contributed by atoms with E-state index in [1.165, 1.54) is 0 Å². The fourth-order valence-electron chi connectivity index (χ4n) is 1.01. The first kappa shape index (κ1) is 7.79. The smallest absolute Gasteiger partial charge is 0.0955 e. The third kappa shape index (κ3) is 1.24. The maximum atomic E-state index is 4.18. The molecule has 1 rings (SSSR count). The van der Waals surface area contributed by atoms with Gasteiger partial charge in [-0.3, -0.25) is 0 Å². The van der Waals surface area contributed by atoms with E-state index in [1.807, 2.05) is 18.5 Å². The Morgan fingerprint density at radius 1 is 1.73 bits per heavy atom. The quantitative estimate of drug-likeness (QED) is 0.628. The zero-order valence-corrected chi connectivity index (χ0v) is 6.96. The van der Waals surface area contributed by atoms with Crippen LogP contribution in [0.3, 0.4) is 0 Å². The topological polar surface area (TPSA) is 17.8 Å². The zero-order valence-electron chi connectivity index (χ0n) is 6.96. The molecular weight excluding hydrogens is 136 g/mol. The van der Waals surface area contributed by atoms with Crippen LogP contribution in [0.25, 0.3) is 11.6 Å². The van der Waals surface area contributed by atoms with E-state index in [0.29, 0.717) is 0 Å². The van der Waals surface area contributed by atoms with Crippen molar-refractivity contribution in [2.24, 2.45) is 7.05 Å². The van der Waals surface area contributed by atoms with Gasteiger partial charge in [-0.15, -0.1) is 0 Å². The van der Waals surface area contributed by atoms with Crippen LogP contribution in [-0.4, -0.2) is 9.55 Å². The second kappa shape index (κ2) is 2.74. The number of nitrogens with zero attached hydrogens (tertiary/aromatic N) is 2. The van der Waals surface area contributed by atoms with Gasteiger partial charge in [0.2, 0.25) is 0 Å². The van der Waals surface area contributed by atoms with Crippen LogP contribution in [0.1, 0.15) is 18.3 Å². The van der Waals surface area contributed by atoms with E-state index in [9.17, 15) is 0 Å². The molecule has 1 heterocycles. The maximum Gasteiger partial charge on any atom is 0.0955 e. The van der Waals surface area contributed by atoms with E-state index in [-0.39, 0.29) is 0 Å². The van der Waals surface area contributed by atoms with Crippen LogP contribution in [0.4, 0.5) is 0 Å². The minimum atomic E-state index is 0.933. The summed E-state index contributed by atoms with van der Waals surface area (Å²) in [4.78, 5) is 4.18. The Bertz CT molecular complexity index is 295. The van der Waals surface area contributed by atoms with E-state index in [4.69, 9.17) is 0 Å². The van der Waals surface area contributed by atoms with Crippen LogP contribution in [-0.2, 0) is 7.05 Å². The Labute approximate surface area is 66.9 Å². The van der Waals surface area contributed by atoms with Crippen molar-refractivity contribution in [3.63, 3.8) is 0 Å². The van der Waals surface area contributed by atoms with Crippen LogP contribution in [0, 0.1) is 0 Å². The van der Waals surface area contributed by atoms with Crippen LogP contribution in [0.15, 0.2) is 19.5 Å². The minimum Gasteiger partial charge on any atom is -0.334 e. The monoisotopic (exact) mass is 148 g/mol. The highest BCUT2D eigenvalue weighted by atomic mass is 15.0. The molecule has 2 heteroatoms. The van der Waals surface area contributed by atoms with Gasteiger partial charge in [-0.2, -0.15) is 0 Å². The first-order valence-electron chi connectivity index (χ1n) is 3.46. The van der Waals surface area contributed by atoms with E-state index >= 15 is 0 Å². The first-order valence-corrected chi connectivity index (χ1v) is 3.46. The van der Waals surface area contributed by atoms with Gasteiger partial charge < -0.3 is 4.57 Å². The van der Waals surface area contributed by atoms with Gasteiger partial charge in [0.05, 0.1) is 17.7 Å². The largest absolute Gasteiger partial charge is 0.334 e. The molecule has 0 bridgehead atoms. The standard InChI is InChI=1S/C9H12N2/c1-5-8-9(7(2)3)10-6-11(8)4/h5-6H,1-2H2,3-4H3. The van der Waals surface area contributed by atoms with Crippen LogP contribution in [0.5, 0.6) is 0 Å². The van der Waals surface area contributed by atoms with Crippen LogP contribution >= 0.6 is 0 Å². The van der Waals surface area contributed by atoms with Gasteiger partial charge in [0.25, 0.3) is 0 Å². The lowest BCUT2D eigenvalue weighted by Gasteiger charge is -1.97. The molecule has 0 atom stereocenters. The molecule has 0 saturated heterocycles. The van der Waals surface area contributed by atoms with Crippen molar-refractivity contribution in [3.05, 3.63) is 30.9 Å². The van der Waals surface area contributed by atoms with Crippen molar-refractivity contribution in [1.82, 2.24) is 9.55 Å². The summed E-state index contributed by atoms with van der Waals surface area (Å²) >= 11 is 0. The summed E-state index contributed by atoms with van der Waals surface area (Å²) in [6.07, 6.45) is 3.55. The maximum absolute atomic E-state index is 4.18. The molecule has 0 aliphatic rings. The Kier molecular flexibility index (Phi) is 1.94. The van der Waals surface area contributed by atoms with E-state index < -0.39 is 0 Å². The molecule has 0 spiro atoms. The average molecular weight is 148 g/mol. The summed E-state index contributed by atoms with van der Waals surface area (Å²) in [7, 11) is 1.94. The SMILES string of the molecule is C=Cc1c(C(=C)C)ncn1C. The van der Waals surface area contributed by atoms with E-state index in [2.05, 4.69) is 18.1 Å². The summed E-state index contributed by atoms with van der Waals surface area (Å²) in [6.45, 7) is 9.47. The second-order valence-corrected chi connectivity index (χ2v) is 2.57. The minimum absolute atomic E-state index is 0.933. The molecule has 0 saturated carbocycles. The Balaban J connectivity index is 3.26. The van der Waals surface area contributed by atoms with Crippen molar-refractivity contribution in [2.45, 2.75) is 6.92 Å². The van der Waals surface area contributed by atoms with Gasteiger partial charge in [-0.05, 0) is 18.6 Å². The highest BCUT2D eigenvalue weighted by molar-refractivity contribution is 5.66. The Morgan fingerprint density at radius 2 is 2.36 bits per heavy atom.